The summed E-state index contributed by atoms with van der Waals surface area (Å²) < 4.78 is 0. The van der Waals surface area contributed by atoms with Crippen LogP contribution in [0.2, 0.25) is 0 Å². The van der Waals surface area contributed by atoms with E-state index < -0.39 is 0 Å². The molecule has 2 amide bonds. The molecule has 1 aliphatic carbocycles. The third-order valence-corrected chi connectivity index (χ3v) is 7.16. The van der Waals surface area contributed by atoms with Crippen LogP contribution in [0.15, 0.2) is 24.3 Å². The van der Waals surface area contributed by atoms with Crippen LogP contribution in [0.4, 0.5) is 5.82 Å². The third kappa shape index (κ3) is 5.02. The van der Waals surface area contributed by atoms with Crippen LogP contribution in [-0.2, 0) is 4.79 Å². The van der Waals surface area contributed by atoms with Crippen molar-refractivity contribution < 1.29 is 9.59 Å². The van der Waals surface area contributed by atoms with Crippen LogP contribution in [0.1, 0.15) is 79.0 Å². The molecular formula is C28H35N5O2. The van der Waals surface area contributed by atoms with Gasteiger partial charge in [-0.25, -0.2) is 4.98 Å². The zero-order valence-electron chi connectivity index (χ0n) is 21.2. The summed E-state index contributed by atoms with van der Waals surface area (Å²) in [5, 5.41) is 12.9. The molecule has 0 spiro atoms. The first kappa shape index (κ1) is 24.7. The first-order valence-corrected chi connectivity index (χ1v) is 12.7. The Kier molecular flexibility index (Phi) is 7.39. The molecule has 2 aromatic rings. The average Bonchev–Trinajstić information content (AvgIpc) is 3.71. The molecule has 2 aliphatic rings. The predicted octanol–water partition coefficient (Wildman–Crippen LogP) is 4.39. The maximum Gasteiger partial charge on any atom is 0.251 e. The van der Waals surface area contributed by atoms with Gasteiger partial charge in [0, 0.05) is 56.2 Å². The lowest BCUT2D eigenvalue weighted by Crippen LogP contribution is -2.54. The lowest BCUT2D eigenvalue weighted by Gasteiger charge is -2.41. The van der Waals surface area contributed by atoms with Gasteiger partial charge in [0.1, 0.15) is 11.9 Å². The summed E-state index contributed by atoms with van der Waals surface area (Å²) in [5.74, 6) is 1.18. The number of amides is 2. The molecule has 184 valence electrons. The van der Waals surface area contributed by atoms with Crippen molar-refractivity contribution in [2.45, 2.75) is 64.8 Å². The summed E-state index contributed by atoms with van der Waals surface area (Å²) in [7, 11) is 1.62. The third-order valence-electron chi connectivity index (χ3n) is 7.16. The number of benzene rings is 1. The number of piperazine rings is 1. The highest BCUT2D eigenvalue weighted by Crippen LogP contribution is 2.46. The summed E-state index contributed by atoms with van der Waals surface area (Å²) in [6, 6.07) is 10.0. The number of hydrogen-bond acceptors (Lipinski definition) is 5. The normalized spacial score (nSPS) is 17.7. The molecule has 1 aliphatic heterocycles. The molecule has 7 heteroatoms. The zero-order valence-corrected chi connectivity index (χ0v) is 21.2. The molecule has 1 unspecified atom stereocenters. The standard InChI is InChI=1S/C28H35N5O2/c1-5-6-10-24(34)33-14-13-32(17-18(33)2)27-23(16-29)19(3)25(26(31-27)20-11-12-20)21-8-7-9-22(15-21)28(35)30-4/h7-9,15,18,20H,5-6,10-14,17H2,1-4H3,(H,30,35). The van der Waals surface area contributed by atoms with Gasteiger partial charge in [0.05, 0.1) is 11.3 Å². The number of carbonyl (C=O) groups excluding carboxylic acids is 2. The molecule has 4 rings (SSSR count). The molecular weight excluding hydrogens is 438 g/mol. The second-order valence-corrected chi connectivity index (χ2v) is 9.73. The van der Waals surface area contributed by atoms with Crippen LogP contribution >= 0.6 is 0 Å². The number of nitriles is 1. The summed E-state index contributed by atoms with van der Waals surface area (Å²) in [4.78, 5) is 34.2. The molecule has 1 aromatic carbocycles. The van der Waals surface area contributed by atoms with Crippen molar-refractivity contribution in [1.29, 1.82) is 5.26 Å². The molecule has 1 atom stereocenters. The molecule has 0 radical (unpaired) electrons. The zero-order chi connectivity index (χ0) is 25.1. The van der Waals surface area contributed by atoms with E-state index in [1.807, 2.05) is 30.0 Å². The van der Waals surface area contributed by atoms with Gasteiger partial charge in [0.15, 0.2) is 0 Å². The highest BCUT2D eigenvalue weighted by molar-refractivity contribution is 5.95. The number of aromatic nitrogens is 1. The number of pyridine rings is 1. The minimum absolute atomic E-state index is 0.0649. The van der Waals surface area contributed by atoms with E-state index >= 15 is 0 Å². The highest BCUT2D eigenvalue weighted by atomic mass is 16.2. The van der Waals surface area contributed by atoms with Gasteiger partial charge in [0.25, 0.3) is 5.91 Å². The fraction of sp³-hybridized carbons (Fsp3) is 0.500. The summed E-state index contributed by atoms with van der Waals surface area (Å²) in [5.41, 5.74) is 4.97. The second-order valence-electron chi connectivity index (χ2n) is 9.73. The largest absolute Gasteiger partial charge is 0.355 e. The Morgan fingerprint density at radius 2 is 2.03 bits per heavy atom. The number of unbranched alkanes of at least 4 members (excludes halogenated alkanes) is 1. The number of hydrogen-bond donors (Lipinski definition) is 1. The Balaban J connectivity index is 1.71. The van der Waals surface area contributed by atoms with E-state index in [0.29, 0.717) is 43.1 Å². The molecule has 2 fully saturated rings. The van der Waals surface area contributed by atoms with E-state index in [0.717, 1.165) is 53.9 Å². The van der Waals surface area contributed by atoms with E-state index in [1.54, 1.807) is 13.1 Å². The monoisotopic (exact) mass is 473 g/mol. The molecule has 7 nitrogen and oxygen atoms in total. The molecule has 1 N–H and O–H groups in total. The smallest absolute Gasteiger partial charge is 0.251 e. The van der Waals surface area contributed by atoms with Gasteiger partial charge in [0.2, 0.25) is 5.91 Å². The Morgan fingerprint density at radius 3 is 2.66 bits per heavy atom. The van der Waals surface area contributed by atoms with Gasteiger partial charge < -0.3 is 15.1 Å². The van der Waals surface area contributed by atoms with Crippen LogP contribution in [0.5, 0.6) is 0 Å². The van der Waals surface area contributed by atoms with Crippen LogP contribution in [0, 0.1) is 18.3 Å². The molecule has 1 saturated heterocycles. The number of nitrogens with zero attached hydrogens (tertiary/aromatic N) is 4. The van der Waals surface area contributed by atoms with Crippen molar-refractivity contribution >= 4 is 17.6 Å². The SMILES string of the molecule is CCCCC(=O)N1CCN(c2nc(C3CC3)c(-c3cccc(C(=O)NC)c3)c(C)c2C#N)CC1C. The molecule has 35 heavy (non-hydrogen) atoms. The van der Waals surface area contributed by atoms with Gasteiger partial charge in [-0.05, 0) is 56.4 Å². The van der Waals surface area contributed by atoms with E-state index in [4.69, 9.17) is 4.98 Å². The Labute approximate surface area is 208 Å². The summed E-state index contributed by atoms with van der Waals surface area (Å²) in [6.07, 6.45) is 4.68. The molecule has 1 saturated carbocycles. The van der Waals surface area contributed by atoms with Crippen LogP contribution in [0.3, 0.4) is 0 Å². The minimum atomic E-state index is -0.136. The van der Waals surface area contributed by atoms with Crippen molar-refractivity contribution in [2.24, 2.45) is 0 Å². The van der Waals surface area contributed by atoms with Gasteiger partial charge >= 0.3 is 0 Å². The lowest BCUT2D eigenvalue weighted by atomic mass is 9.92. The summed E-state index contributed by atoms with van der Waals surface area (Å²) in [6.45, 7) is 8.14. The molecule has 2 heterocycles. The van der Waals surface area contributed by atoms with Gasteiger partial charge in [-0.3, -0.25) is 9.59 Å². The maximum atomic E-state index is 12.6. The van der Waals surface area contributed by atoms with Crippen molar-refractivity contribution in [3.05, 3.63) is 46.6 Å². The van der Waals surface area contributed by atoms with Crippen molar-refractivity contribution in [1.82, 2.24) is 15.2 Å². The van der Waals surface area contributed by atoms with E-state index in [-0.39, 0.29) is 17.9 Å². The highest BCUT2D eigenvalue weighted by Gasteiger charge is 2.34. The first-order valence-electron chi connectivity index (χ1n) is 12.7. The van der Waals surface area contributed by atoms with E-state index in [9.17, 15) is 14.9 Å². The minimum Gasteiger partial charge on any atom is -0.355 e. The number of anilines is 1. The van der Waals surface area contributed by atoms with E-state index in [1.165, 1.54) is 0 Å². The Bertz CT molecular complexity index is 1160. The van der Waals surface area contributed by atoms with Crippen molar-refractivity contribution in [2.75, 3.05) is 31.6 Å². The quantitative estimate of drug-likeness (QED) is 0.644. The fourth-order valence-electron chi connectivity index (χ4n) is 5.04. The average molecular weight is 474 g/mol. The second kappa shape index (κ2) is 10.5. The fourth-order valence-corrected chi connectivity index (χ4v) is 5.04. The number of rotatable bonds is 7. The Hall–Kier alpha value is -3.40. The van der Waals surface area contributed by atoms with Crippen molar-refractivity contribution in [3.63, 3.8) is 0 Å². The number of carbonyl (C=O) groups is 2. The lowest BCUT2D eigenvalue weighted by molar-refractivity contribution is -0.133. The van der Waals surface area contributed by atoms with Crippen LogP contribution in [-0.4, -0.2) is 54.4 Å². The summed E-state index contributed by atoms with van der Waals surface area (Å²) >= 11 is 0. The first-order chi connectivity index (χ1) is 16.9. The molecule has 0 bridgehead atoms. The van der Waals surface area contributed by atoms with Gasteiger partial charge in [-0.2, -0.15) is 5.26 Å². The van der Waals surface area contributed by atoms with Crippen molar-refractivity contribution in [3.8, 4) is 17.2 Å². The maximum absolute atomic E-state index is 12.6. The van der Waals surface area contributed by atoms with Gasteiger partial charge in [-0.15, -0.1) is 0 Å². The van der Waals surface area contributed by atoms with Crippen LogP contribution in [0.25, 0.3) is 11.1 Å². The number of nitrogens with one attached hydrogen (secondary N) is 1. The van der Waals surface area contributed by atoms with Crippen LogP contribution < -0.4 is 10.2 Å². The van der Waals surface area contributed by atoms with Gasteiger partial charge in [-0.1, -0.05) is 25.5 Å². The predicted molar refractivity (Wildman–Crippen MR) is 137 cm³/mol. The Morgan fingerprint density at radius 1 is 1.26 bits per heavy atom. The topological polar surface area (TPSA) is 89.3 Å². The molecule has 1 aromatic heterocycles. The van der Waals surface area contributed by atoms with E-state index in [2.05, 4.69) is 30.1 Å².